The minimum atomic E-state index is 0.0194. The van der Waals surface area contributed by atoms with Crippen LogP contribution in [0.2, 0.25) is 0 Å². The Balaban J connectivity index is 1.68. The van der Waals surface area contributed by atoms with Crippen LogP contribution in [0.3, 0.4) is 0 Å². The van der Waals surface area contributed by atoms with E-state index < -0.39 is 0 Å². The van der Waals surface area contributed by atoms with Crippen LogP contribution in [-0.4, -0.2) is 22.1 Å². The van der Waals surface area contributed by atoms with Gasteiger partial charge < -0.3 is 0 Å². The summed E-state index contributed by atoms with van der Waals surface area (Å²) in [5.74, 6) is 0.0194. The Kier molecular flexibility index (Phi) is 6.16. The summed E-state index contributed by atoms with van der Waals surface area (Å²) < 4.78 is 1.09. The molecule has 0 aliphatic carbocycles. The van der Waals surface area contributed by atoms with Crippen molar-refractivity contribution in [3.8, 4) is 0 Å². The quantitative estimate of drug-likeness (QED) is 0.360. The Labute approximate surface area is 185 Å². The number of aryl methyl sites for hydroxylation is 2. The van der Waals surface area contributed by atoms with Gasteiger partial charge in [-0.25, -0.2) is 4.98 Å². The number of pyridine rings is 1. The maximum atomic E-state index is 13.4. The SMILES string of the molecule is CSc1ccc(CC(=O)N(Cc2ccccn2)c2nc3c(C)c(C)ccc3s2)cc1. The van der Waals surface area contributed by atoms with E-state index in [4.69, 9.17) is 4.98 Å². The molecule has 0 bridgehead atoms. The van der Waals surface area contributed by atoms with Gasteiger partial charge in [-0.1, -0.05) is 35.6 Å². The van der Waals surface area contributed by atoms with Gasteiger partial charge in [0.05, 0.1) is 28.9 Å². The van der Waals surface area contributed by atoms with Crippen LogP contribution >= 0.6 is 23.1 Å². The van der Waals surface area contributed by atoms with Gasteiger partial charge in [0.15, 0.2) is 5.13 Å². The first-order valence-electron chi connectivity index (χ1n) is 9.75. The number of carbonyl (C=O) groups is 1. The van der Waals surface area contributed by atoms with Gasteiger partial charge in [0, 0.05) is 11.1 Å². The lowest BCUT2D eigenvalue weighted by atomic mass is 10.1. The first-order valence-corrected chi connectivity index (χ1v) is 11.8. The third-order valence-corrected chi connectivity index (χ3v) is 6.95. The van der Waals surface area contributed by atoms with Gasteiger partial charge in [0.2, 0.25) is 5.91 Å². The highest BCUT2D eigenvalue weighted by Crippen LogP contribution is 2.33. The van der Waals surface area contributed by atoms with E-state index in [-0.39, 0.29) is 5.91 Å². The molecule has 2 aromatic carbocycles. The van der Waals surface area contributed by atoms with Gasteiger partial charge in [0.25, 0.3) is 0 Å². The van der Waals surface area contributed by atoms with E-state index in [2.05, 4.69) is 43.1 Å². The second-order valence-electron chi connectivity index (χ2n) is 7.18. The van der Waals surface area contributed by atoms with E-state index in [0.717, 1.165) is 32.2 Å². The molecule has 0 saturated heterocycles. The van der Waals surface area contributed by atoms with Crippen molar-refractivity contribution in [2.24, 2.45) is 0 Å². The van der Waals surface area contributed by atoms with Crippen LogP contribution in [-0.2, 0) is 17.8 Å². The average molecular weight is 434 g/mol. The fourth-order valence-corrected chi connectivity index (χ4v) is 4.71. The van der Waals surface area contributed by atoms with Crippen molar-refractivity contribution in [3.63, 3.8) is 0 Å². The highest BCUT2D eigenvalue weighted by molar-refractivity contribution is 7.98. The van der Waals surface area contributed by atoms with E-state index in [9.17, 15) is 4.79 Å². The van der Waals surface area contributed by atoms with Gasteiger partial charge >= 0.3 is 0 Å². The molecule has 6 heteroatoms. The second-order valence-corrected chi connectivity index (χ2v) is 9.07. The average Bonchev–Trinajstić information content (AvgIpc) is 3.20. The van der Waals surface area contributed by atoms with Crippen LogP contribution in [0.5, 0.6) is 0 Å². The van der Waals surface area contributed by atoms with Gasteiger partial charge in [-0.2, -0.15) is 0 Å². The van der Waals surface area contributed by atoms with E-state index in [0.29, 0.717) is 13.0 Å². The molecule has 0 radical (unpaired) electrons. The lowest BCUT2D eigenvalue weighted by Crippen LogP contribution is -2.32. The largest absolute Gasteiger partial charge is 0.282 e. The first-order chi connectivity index (χ1) is 14.5. The predicted octanol–water partition coefficient (Wildman–Crippen LogP) is 5.81. The molecule has 0 atom stereocenters. The summed E-state index contributed by atoms with van der Waals surface area (Å²) in [5.41, 5.74) is 5.18. The van der Waals surface area contributed by atoms with Gasteiger partial charge in [-0.15, -0.1) is 11.8 Å². The summed E-state index contributed by atoms with van der Waals surface area (Å²) in [7, 11) is 0. The van der Waals surface area contributed by atoms with Crippen LogP contribution in [0.1, 0.15) is 22.4 Å². The van der Waals surface area contributed by atoms with Crippen molar-refractivity contribution in [2.75, 3.05) is 11.2 Å². The van der Waals surface area contributed by atoms with Crippen molar-refractivity contribution in [3.05, 3.63) is 83.2 Å². The van der Waals surface area contributed by atoms with E-state index >= 15 is 0 Å². The van der Waals surface area contributed by atoms with Crippen molar-refractivity contribution >= 4 is 44.4 Å². The van der Waals surface area contributed by atoms with Crippen LogP contribution in [0.15, 0.2) is 65.7 Å². The number of benzene rings is 2. The number of anilines is 1. The Morgan fingerprint density at radius 3 is 2.57 bits per heavy atom. The molecule has 2 heterocycles. The summed E-state index contributed by atoms with van der Waals surface area (Å²) in [6.07, 6.45) is 4.13. The fraction of sp³-hybridized carbons (Fsp3) is 0.208. The number of nitrogens with zero attached hydrogens (tertiary/aromatic N) is 3. The summed E-state index contributed by atoms with van der Waals surface area (Å²) in [5, 5.41) is 0.718. The minimum absolute atomic E-state index is 0.0194. The van der Waals surface area contributed by atoms with Crippen molar-refractivity contribution in [2.45, 2.75) is 31.7 Å². The minimum Gasteiger partial charge on any atom is -0.282 e. The molecule has 0 saturated carbocycles. The molecular weight excluding hydrogens is 410 g/mol. The Bertz CT molecular complexity index is 1170. The summed E-state index contributed by atoms with van der Waals surface area (Å²) in [4.78, 5) is 25.6. The van der Waals surface area contributed by atoms with Crippen LogP contribution < -0.4 is 4.90 Å². The number of carbonyl (C=O) groups excluding carboxylic acids is 1. The molecule has 0 N–H and O–H groups in total. The number of thiazole rings is 1. The van der Waals surface area contributed by atoms with Gasteiger partial charge in [-0.3, -0.25) is 14.7 Å². The standard InChI is InChI=1S/C24H23N3OS2/c1-16-7-12-21-23(17(16)2)26-24(30-21)27(15-19-6-4-5-13-25-19)22(28)14-18-8-10-20(29-3)11-9-18/h4-13H,14-15H2,1-3H3. The Morgan fingerprint density at radius 2 is 1.87 bits per heavy atom. The lowest BCUT2D eigenvalue weighted by Gasteiger charge is -2.19. The number of thioether (sulfide) groups is 1. The number of rotatable bonds is 6. The normalized spacial score (nSPS) is 11.0. The monoisotopic (exact) mass is 433 g/mol. The van der Waals surface area contributed by atoms with E-state index in [1.165, 1.54) is 10.5 Å². The zero-order valence-corrected chi connectivity index (χ0v) is 18.9. The summed E-state index contributed by atoms with van der Waals surface area (Å²) in [6.45, 7) is 4.57. The number of hydrogen-bond donors (Lipinski definition) is 0. The molecule has 0 aliphatic rings. The maximum absolute atomic E-state index is 13.4. The first kappa shape index (κ1) is 20.6. The number of hydrogen-bond acceptors (Lipinski definition) is 5. The molecule has 0 aliphatic heterocycles. The maximum Gasteiger partial charge on any atom is 0.233 e. The summed E-state index contributed by atoms with van der Waals surface area (Å²) in [6, 6.07) is 18.1. The molecule has 2 aromatic heterocycles. The van der Waals surface area contributed by atoms with Crippen LogP contribution in [0.25, 0.3) is 10.2 Å². The third-order valence-electron chi connectivity index (χ3n) is 5.17. The highest BCUT2D eigenvalue weighted by atomic mass is 32.2. The van der Waals surface area contributed by atoms with Crippen molar-refractivity contribution in [1.82, 2.24) is 9.97 Å². The third kappa shape index (κ3) is 4.40. The smallest absolute Gasteiger partial charge is 0.233 e. The highest BCUT2D eigenvalue weighted by Gasteiger charge is 2.21. The van der Waals surface area contributed by atoms with Crippen molar-refractivity contribution in [1.29, 1.82) is 0 Å². The molecule has 0 spiro atoms. The molecule has 0 unspecified atom stereocenters. The number of fused-ring (bicyclic) bond motifs is 1. The van der Waals surface area contributed by atoms with Crippen LogP contribution in [0, 0.1) is 13.8 Å². The molecular formula is C24H23N3OS2. The van der Waals surface area contributed by atoms with E-state index in [1.807, 2.05) is 36.6 Å². The molecule has 4 rings (SSSR count). The Morgan fingerprint density at radius 1 is 1.07 bits per heavy atom. The Hall–Kier alpha value is -2.70. The van der Waals surface area contributed by atoms with Crippen LogP contribution in [0.4, 0.5) is 5.13 Å². The molecule has 1 amide bonds. The lowest BCUT2D eigenvalue weighted by molar-refractivity contribution is -0.118. The summed E-state index contributed by atoms with van der Waals surface area (Å²) >= 11 is 3.25. The second kappa shape index (κ2) is 8.98. The van der Waals surface area contributed by atoms with Crippen molar-refractivity contribution < 1.29 is 4.79 Å². The predicted molar refractivity (Wildman–Crippen MR) is 126 cm³/mol. The zero-order chi connectivity index (χ0) is 21.1. The molecule has 152 valence electrons. The molecule has 30 heavy (non-hydrogen) atoms. The molecule has 0 fully saturated rings. The number of amides is 1. The fourth-order valence-electron chi connectivity index (χ4n) is 3.26. The molecule has 4 nitrogen and oxygen atoms in total. The van der Waals surface area contributed by atoms with Gasteiger partial charge in [-0.05, 0) is 67.1 Å². The molecule has 4 aromatic rings. The topological polar surface area (TPSA) is 46.1 Å². The van der Waals surface area contributed by atoms with E-state index in [1.54, 1.807) is 34.2 Å². The number of aromatic nitrogens is 2. The zero-order valence-electron chi connectivity index (χ0n) is 17.3. The van der Waals surface area contributed by atoms with Gasteiger partial charge in [0.1, 0.15) is 0 Å².